The maximum absolute atomic E-state index is 9.57. The van der Waals surface area contributed by atoms with Crippen LogP contribution in [0.1, 0.15) is 37.3 Å². The summed E-state index contributed by atoms with van der Waals surface area (Å²) < 4.78 is 5.02. The first-order valence-corrected chi connectivity index (χ1v) is 5.75. The van der Waals surface area contributed by atoms with E-state index in [-0.39, 0.29) is 0 Å². The first-order chi connectivity index (χ1) is 7.77. The molecule has 0 saturated carbocycles. The molecule has 0 spiro atoms. The quantitative estimate of drug-likeness (QED) is 0.740. The van der Waals surface area contributed by atoms with Crippen LogP contribution in [0.3, 0.4) is 0 Å². The predicted octanol–water partition coefficient (Wildman–Crippen LogP) is 3.74. The Morgan fingerprint density at radius 2 is 2.19 bits per heavy atom. The Hall–Kier alpha value is -1.28. The van der Waals surface area contributed by atoms with Gasteiger partial charge in [-0.25, -0.2) is 0 Å². The number of allylic oxidation sites excluding steroid dienone is 1. The van der Waals surface area contributed by atoms with Gasteiger partial charge in [0.15, 0.2) is 0 Å². The van der Waals surface area contributed by atoms with E-state index in [1.54, 1.807) is 13.2 Å². The van der Waals surface area contributed by atoms with Crippen molar-refractivity contribution in [3.8, 4) is 5.75 Å². The molecule has 0 heterocycles. The summed E-state index contributed by atoms with van der Waals surface area (Å²) in [7, 11) is 1.63. The Morgan fingerprint density at radius 3 is 2.88 bits per heavy atom. The SMILES string of the molecule is CCCCC=Cc1ccc(O)c(COC)c1. The van der Waals surface area contributed by atoms with Gasteiger partial charge in [-0.15, -0.1) is 0 Å². The molecule has 0 aliphatic heterocycles. The van der Waals surface area contributed by atoms with E-state index in [4.69, 9.17) is 4.74 Å². The standard InChI is InChI=1S/C14H20O2/c1-3-4-5-6-7-12-8-9-14(15)13(10-12)11-16-2/h6-10,15H,3-5,11H2,1-2H3. The molecule has 1 aromatic rings. The van der Waals surface area contributed by atoms with Gasteiger partial charge in [0.2, 0.25) is 0 Å². The fraction of sp³-hybridized carbons (Fsp3) is 0.429. The number of hydrogen-bond donors (Lipinski definition) is 1. The van der Waals surface area contributed by atoms with Gasteiger partial charge >= 0.3 is 0 Å². The molecule has 1 N–H and O–H groups in total. The van der Waals surface area contributed by atoms with Crippen LogP contribution in [0.4, 0.5) is 0 Å². The van der Waals surface area contributed by atoms with Crippen molar-refractivity contribution in [2.75, 3.05) is 7.11 Å². The van der Waals surface area contributed by atoms with Crippen molar-refractivity contribution < 1.29 is 9.84 Å². The molecule has 1 rings (SSSR count). The molecule has 0 fully saturated rings. The molecule has 0 amide bonds. The van der Waals surface area contributed by atoms with Crippen molar-refractivity contribution >= 4 is 6.08 Å². The van der Waals surface area contributed by atoms with E-state index in [2.05, 4.69) is 19.1 Å². The Balaban J connectivity index is 2.66. The van der Waals surface area contributed by atoms with E-state index in [1.165, 1.54) is 12.8 Å². The fourth-order valence-corrected chi connectivity index (χ4v) is 1.52. The molecule has 0 saturated heterocycles. The van der Waals surface area contributed by atoms with Gasteiger partial charge in [-0.1, -0.05) is 38.0 Å². The highest BCUT2D eigenvalue weighted by Crippen LogP contribution is 2.20. The average molecular weight is 220 g/mol. The van der Waals surface area contributed by atoms with Gasteiger partial charge in [0, 0.05) is 12.7 Å². The number of ether oxygens (including phenoxy) is 1. The van der Waals surface area contributed by atoms with Crippen molar-refractivity contribution in [3.05, 3.63) is 35.4 Å². The summed E-state index contributed by atoms with van der Waals surface area (Å²) >= 11 is 0. The predicted molar refractivity (Wildman–Crippen MR) is 67.4 cm³/mol. The third kappa shape index (κ3) is 4.07. The maximum Gasteiger partial charge on any atom is 0.121 e. The minimum atomic E-state index is 0.299. The van der Waals surface area contributed by atoms with Gasteiger partial charge in [-0.2, -0.15) is 0 Å². The minimum absolute atomic E-state index is 0.299. The number of rotatable bonds is 6. The normalized spacial score (nSPS) is 11.1. The number of unbranched alkanes of at least 4 members (excludes halogenated alkanes) is 2. The van der Waals surface area contributed by atoms with Crippen LogP contribution in [0, 0.1) is 0 Å². The molecule has 0 radical (unpaired) electrons. The maximum atomic E-state index is 9.57. The highest BCUT2D eigenvalue weighted by molar-refractivity contribution is 5.53. The van der Waals surface area contributed by atoms with E-state index < -0.39 is 0 Å². The molecule has 2 nitrogen and oxygen atoms in total. The largest absolute Gasteiger partial charge is 0.508 e. The van der Waals surface area contributed by atoms with Crippen LogP contribution in [-0.2, 0) is 11.3 Å². The van der Waals surface area contributed by atoms with Gasteiger partial charge in [0.25, 0.3) is 0 Å². The van der Waals surface area contributed by atoms with Crippen LogP contribution in [0.2, 0.25) is 0 Å². The van der Waals surface area contributed by atoms with Crippen molar-refractivity contribution in [1.82, 2.24) is 0 Å². The van der Waals surface area contributed by atoms with Gasteiger partial charge in [0.1, 0.15) is 5.75 Å². The molecule has 88 valence electrons. The van der Waals surface area contributed by atoms with E-state index in [0.29, 0.717) is 12.4 Å². The van der Waals surface area contributed by atoms with Gasteiger partial charge in [-0.05, 0) is 24.1 Å². The summed E-state index contributed by atoms with van der Waals surface area (Å²) in [6.45, 7) is 2.63. The number of hydrogen-bond acceptors (Lipinski definition) is 2. The highest BCUT2D eigenvalue weighted by Gasteiger charge is 2.00. The summed E-state index contributed by atoms with van der Waals surface area (Å²) in [4.78, 5) is 0. The topological polar surface area (TPSA) is 29.5 Å². The Morgan fingerprint density at radius 1 is 1.38 bits per heavy atom. The third-order valence-corrected chi connectivity index (χ3v) is 2.44. The van der Waals surface area contributed by atoms with Crippen LogP contribution < -0.4 is 0 Å². The van der Waals surface area contributed by atoms with E-state index in [1.807, 2.05) is 12.1 Å². The van der Waals surface area contributed by atoms with E-state index in [0.717, 1.165) is 17.5 Å². The monoisotopic (exact) mass is 220 g/mol. The number of benzene rings is 1. The van der Waals surface area contributed by atoms with Crippen LogP contribution in [0.5, 0.6) is 5.75 Å². The Bertz CT molecular complexity index is 343. The lowest BCUT2D eigenvalue weighted by molar-refractivity contribution is 0.182. The molecule has 0 atom stereocenters. The number of phenolic OH excluding ortho intramolecular Hbond substituents is 1. The fourth-order valence-electron chi connectivity index (χ4n) is 1.52. The van der Waals surface area contributed by atoms with Crippen LogP contribution in [-0.4, -0.2) is 12.2 Å². The van der Waals surface area contributed by atoms with Gasteiger partial charge in [0.05, 0.1) is 6.61 Å². The molecular weight excluding hydrogens is 200 g/mol. The zero-order chi connectivity index (χ0) is 11.8. The smallest absolute Gasteiger partial charge is 0.121 e. The first kappa shape index (κ1) is 12.8. The second-order valence-electron chi connectivity index (χ2n) is 3.87. The second kappa shape index (κ2) is 7.07. The molecule has 0 aliphatic carbocycles. The molecule has 0 aromatic heterocycles. The van der Waals surface area contributed by atoms with E-state index in [9.17, 15) is 5.11 Å². The molecule has 0 unspecified atom stereocenters. The highest BCUT2D eigenvalue weighted by atomic mass is 16.5. The van der Waals surface area contributed by atoms with E-state index >= 15 is 0 Å². The van der Waals surface area contributed by atoms with Crippen molar-refractivity contribution in [1.29, 1.82) is 0 Å². The zero-order valence-electron chi connectivity index (χ0n) is 10.1. The van der Waals surface area contributed by atoms with Crippen LogP contribution >= 0.6 is 0 Å². The number of methoxy groups -OCH3 is 1. The molecule has 16 heavy (non-hydrogen) atoms. The van der Waals surface area contributed by atoms with Crippen molar-refractivity contribution in [3.63, 3.8) is 0 Å². The third-order valence-electron chi connectivity index (χ3n) is 2.44. The number of aromatic hydroxyl groups is 1. The molecule has 2 heteroatoms. The first-order valence-electron chi connectivity index (χ1n) is 5.75. The summed E-state index contributed by atoms with van der Waals surface area (Å²) in [5, 5.41) is 9.57. The summed E-state index contributed by atoms with van der Waals surface area (Å²) in [6.07, 6.45) is 7.81. The van der Waals surface area contributed by atoms with Crippen LogP contribution in [0.15, 0.2) is 24.3 Å². The van der Waals surface area contributed by atoms with Gasteiger partial charge < -0.3 is 9.84 Å². The minimum Gasteiger partial charge on any atom is -0.508 e. The summed E-state index contributed by atoms with van der Waals surface area (Å²) in [5.41, 5.74) is 1.95. The van der Waals surface area contributed by atoms with Crippen molar-refractivity contribution in [2.45, 2.75) is 32.8 Å². The molecule has 0 aliphatic rings. The zero-order valence-corrected chi connectivity index (χ0v) is 10.1. The van der Waals surface area contributed by atoms with Crippen molar-refractivity contribution in [2.24, 2.45) is 0 Å². The molecular formula is C14H20O2. The Kier molecular flexibility index (Phi) is 5.65. The average Bonchev–Trinajstić information content (AvgIpc) is 2.29. The molecule has 0 bridgehead atoms. The lowest BCUT2D eigenvalue weighted by Crippen LogP contribution is -1.88. The summed E-state index contributed by atoms with van der Waals surface area (Å²) in [5.74, 6) is 0.299. The number of phenols is 1. The van der Waals surface area contributed by atoms with Gasteiger partial charge in [-0.3, -0.25) is 0 Å². The second-order valence-corrected chi connectivity index (χ2v) is 3.87. The lowest BCUT2D eigenvalue weighted by Gasteiger charge is -2.04. The Labute approximate surface area is 97.6 Å². The summed E-state index contributed by atoms with van der Waals surface area (Å²) in [6, 6.07) is 5.59. The lowest BCUT2D eigenvalue weighted by atomic mass is 10.1. The molecule has 1 aromatic carbocycles. The van der Waals surface area contributed by atoms with Crippen LogP contribution in [0.25, 0.3) is 6.08 Å².